The van der Waals surface area contributed by atoms with Crippen molar-refractivity contribution in [1.82, 2.24) is 9.97 Å². The molecule has 0 amide bonds. The van der Waals surface area contributed by atoms with Crippen molar-refractivity contribution < 1.29 is 8.78 Å². The Morgan fingerprint density at radius 1 is 1.13 bits per heavy atom. The van der Waals surface area contributed by atoms with E-state index in [9.17, 15) is 8.78 Å². The summed E-state index contributed by atoms with van der Waals surface area (Å²) in [6.07, 6.45) is 3.93. The summed E-state index contributed by atoms with van der Waals surface area (Å²) in [5, 5.41) is 0.846. The molecule has 0 radical (unpaired) electrons. The smallest absolute Gasteiger partial charge is 0.159 e. The summed E-state index contributed by atoms with van der Waals surface area (Å²) in [4.78, 5) is 10.9. The zero-order valence-electron chi connectivity index (χ0n) is 13.0. The largest absolute Gasteiger partial charge is 0.356 e. The number of halogens is 2. The van der Waals surface area contributed by atoms with Gasteiger partial charge >= 0.3 is 0 Å². The summed E-state index contributed by atoms with van der Waals surface area (Å²) in [7, 11) is 0. The molecule has 3 rings (SSSR count). The molecule has 1 aromatic heterocycles. The average molecular weight is 335 g/mol. The topological polar surface area (TPSA) is 29.0 Å². The predicted octanol–water partition coefficient (Wildman–Crippen LogP) is 4.28. The highest BCUT2D eigenvalue weighted by atomic mass is 32.2. The zero-order valence-corrected chi connectivity index (χ0v) is 13.8. The molecule has 23 heavy (non-hydrogen) atoms. The van der Waals surface area contributed by atoms with Crippen molar-refractivity contribution in [2.24, 2.45) is 5.92 Å². The molecule has 122 valence electrons. The first-order valence-corrected chi connectivity index (χ1v) is 8.74. The minimum Gasteiger partial charge on any atom is -0.356 e. The monoisotopic (exact) mass is 335 g/mol. The summed E-state index contributed by atoms with van der Waals surface area (Å²) < 4.78 is 26.2. The maximum atomic E-state index is 13.2. The van der Waals surface area contributed by atoms with Crippen molar-refractivity contribution in [3.8, 4) is 0 Å². The van der Waals surface area contributed by atoms with E-state index in [4.69, 9.17) is 0 Å². The summed E-state index contributed by atoms with van der Waals surface area (Å²) in [6.45, 7) is 4.32. The van der Waals surface area contributed by atoms with Crippen LogP contribution >= 0.6 is 11.8 Å². The maximum Gasteiger partial charge on any atom is 0.159 e. The fraction of sp³-hybridized carbons (Fsp3) is 0.412. The normalized spacial score (nSPS) is 15.9. The van der Waals surface area contributed by atoms with Crippen LogP contribution in [0.2, 0.25) is 0 Å². The van der Waals surface area contributed by atoms with Crippen LogP contribution in [0.4, 0.5) is 14.6 Å². The van der Waals surface area contributed by atoms with Crippen molar-refractivity contribution in [3.63, 3.8) is 0 Å². The van der Waals surface area contributed by atoms with Crippen LogP contribution in [0.3, 0.4) is 0 Å². The average Bonchev–Trinajstić information content (AvgIpc) is 2.57. The molecule has 0 atom stereocenters. The molecule has 1 aliphatic heterocycles. The second-order valence-electron chi connectivity index (χ2n) is 5.92. The van der Waals surface area contributed by atoms with Crippen molar-refractivity contribution in [2.75, 3.05) is 18.0 Å². The number of thioether (sulfide) groups is 1. The van der Waals surface area contributed by atoms with Crippen LogP contribution in [0.15, 0.2) is 35.6 Å². The molecule has 0 spiro atoms. The minimum atomic E-state index is -0.817. The SMILES string of the molecule is CC1CCN(c2cc(SCc3ccc(F)c(F)c3)ncn2)CC1. The number of anilines is 1. The van der Waals surface area contributed by atoms with E-state index in [1.807, 2.05) is 6.07 Å². The Morgan fingerprint density at radius 2 is 1.91 bits per heavy atom. The van der Waals surface area contributed by atoms with Crippen LogP contribution < -0.4 is 4.90 Å². The van der Waals surface area contributed by atoms with E-state index in [0.29, 0.717) is 5.75 Å². The Hall–Kier alpha value is -1.69. The standard InChI is InChI=1S/C17H19F2N3S/c1-12-4-6-22(7-5-12)16-9-17(21-11-20-16)23-10-13-2-3-14(18)15(19)8-13/h2-3,8-9,11-12H,4-7,10H2,1H3. The lowest BCUT2D eigenvalue weighted by molar-refractivity contribution is 0.436. The quantitative estimate of drug-likeness (QED) is 0.616. The van der Waals surface area contributed by atoms with Crippen LogP contribution in [0, 0.1) is 17.6 Å². The molecule has 0 aliphatic carbocycles. The van der Waals surface area contributed by atoms with Crippen molar-refractivity contribution in [2.45, 2.75) is 30.5 Å². The number of nitrogens with zero attached hydrogens (tertiary/aromatic N) is 3. The zero-order chi connectivity index (χ0) is 16.2. The van der Waals surface area contributed by atoms with Gasteiger partial charge < -0.3 is 4.90 Å². The molecular weight excluding hydrogens is 316 g/mol. The van der Waals surface area contributed by atoms with Gasteiger partial charge in [0.1, 0.15) is 17.2 Å². The highest BCUT2D eigenvalue weighted by molar-refractivity contribution is 7.98. The van der Waals surface area contributed by atoms with Gasteiger partial charge in [-0.25, -0.2) is 18.7 Å². The third-order valence-corrected chi connectivity index (χ3v) is 5.10. The molecule has 3 nitrogen and oxygen atoms in total. The van der Waals surface area contributed by atoms with E-state index in [1.54, 1.807) is 12.4 Å². The van der Waals surface area contributed by atoms with Crippen LogP contribution in [0.1, 0.15) is 25.3 Å². The van der Waals surface area contributed by atoms with Gasteiger partial charge in [-0.15, -0.1) is 11.8 Å². The van der Waals surface area contributed by atoms with Gasteiger partial charge in [0.2, 0.25) is 0 Å². The van der Waals surface area contributed by atoms with Gasteiger partial charge in [-0.3, -0.25) is 0 Å². The van der Waals surface area contributed by atoms with E-state index >= 15 is 0 Å². The van der Waals surface area contributed by atoms with Crippen LogP contribution in [0.25, 0.3) is 0 Å². The molecule has 1 aromatic carbocycles. The first-order chi connectivity index (χ1) is 11.1. The predicted molar refractivity (Wildman–Crippen MR) is 88.6 cm³/mol. The molecule has 1 saturated heterocycles. The number of aromatic nitrogens is 2. The molecule has 6 heteroatoms. The number of hydrogen-bond acceptors (Lipinski definition) is 4. The van der Waals surface area contributed by atoms with E-state index in [2.05, 4.69) is 21.8 Å². The molecule has 0 N–H and O–H groups in total. The van der Waals surface area contributed by atoms with E-state index < -0.39 is 11.6 Å². The van der Waals surface area contributed by atoms with Gasteiger partial charge in [-0.05, 0) is 36.5 Å². The number of rotatable bonds is 4. The second kappa shape index (κ2) is 7.25. The molecular formula is C17H19F2N3S. The lowest BCUT2D eigenvalue weighted by Gasteiger charge is -2.31. The van der Waals surface area contributed by atoms with Crippen molar-refractivity contribution in [3.05, 3.63) is 47.8 Å². The Balaban J connectivity index is 1.64. The molecule has 2 heterocycles. The van der Waals surface area contributed by atoms with E-state index in [1.165, 1.54) is 30.7 Å². The number of piperidine rings is 1. The van der Waals surface area contributed by atoms with Gasteiger partial charge in [0.05, 0.1) is 0 Å². The van der Waals surface area contributed by atoms with Crippen LogP contribution in [-0.4, -0.2) is 23.1 Å². The first kappa shape index (κ1) is 16.2. The molecule has 0 bridgehead atoms. The summed E-state index contributed by atoms with van der Waals surface area (Å²) >= 11 is 1.50. The molecule has 1 aliphatic rings. The van der Waals surface area contributed by atoms with Gasteiger partial charge in [-0.2, -0.15) is 0 Å². The highest BCUT2D eigenvalue weighted by Gasteiger charge is 2.17. The molecule has 0 saturated carbocycles. The van der Waals surface area contributed by atoms with Gasteiger partial charge in [0.25, 0.3) is 0 Å². The first-order valence-electron chi connectivity index (χ1n) is 7.75. The Bertz CT molecular complexity index is 673. The Labute approximate surface area is 139 Å². The van der Waals surface area contributed by atoms with Crippen molar-refractivity contribution >= 4 is 17.6 Å². The fourth-order valence-corrected chi connectivity index (χ4v) is 3.41. The molecule has 0 unspecified atom stereocenters. The lowest BCUT2D eigenvalue weighted by atomic mass is 9.99. The van der Waals surface area contributed by atoms with Gasteiger partial charge in [-0.1, -0.05) is 13.0 Å². The highest BCUT2D eigenvalue weighted by Crippen LogP contribution is 2.26. The summed E-state index contributed by atoms with van der Waals surface area (Å²) in [6, 6.07) is 5.96. The van der Waals surface area contributed by atoms with E-state index in [0.717, 1.165) is 41.5 Å². The lowest BCUT2D eigenvalue weighted by Crippen LogP contribution is -2.33. The maximum absolute atomic E-state index is 13.2. The summed E-state index contributed by atoms with van der Waals surface area (Å²) in [5.41, 5.74) is 0.737. The molecule has 1 fully saturated rings. The summed E-state index contributed by atoms with van der Waals surface area (Å²) in [5.74, 6) is 0.635. The van der Waals surface area contributed by atoms with Crippen LogP contribution in [-0.2, 0) is 5.75 Å². The Kier molecular flexibility index (Phi) is 5.10. The number of hydrogen-bond donors (Lipinski definition) is 0. The van der Waals surface area contributed by atoms with E-state index in [-0.39, 0.29) is 0 Å². The molecule has 2 aromatic rings. The van der Waals surface area contributed by atoms with Crippen molar-refractivity contribution in [1.29, 1.82) is 0 Å². The third kappa shape index (κ3) is 4.19. The minimum absolute atomic E-state index is 0.546. The third-order valence-electron chi connectivity index (χ3n) is 4.11. The number of benzene rings is 1. The van der Waals surface area contributed by atoms with Crippen LogP contribution in [0.5, 0.6) is 0 Å². The second-order valence-corrected chi connectivity index (χ2v) is 6.92. The van der Waals surface area contributed by atoms with Gasteiger partial charge in [0.15, 0.2) is 11.6 Å². The van der Waals surface area contributed by atoms with Gasteiger partial charge in [0, 0.05) is 24.9 Å². The Morgan fingerprint density at radius 3 is 2.65 bits per heavy atom. The fourth-order valence-electron chi connectivity index (χ4n) is 2.61.